The van der Waals surface area contributed by atoms with Crippen LogP contribution in [0.1, 0.15) is 6.42 Å². The van der Waals surface area contributed by atoms with Crippen LogP contribution in [0.3, 0.4) is 0 Å². The van der Waals surface area contributed by atoms with Crippen LogP contribution in [0.5, 0.6) is 5.75 Å². The van der Waals surface area contributed by atoms with Crippen molar-refractivity contribution in [2.75, 3.05) is 36.3 Å². The molecular weight excluding hydrogens is 240 g/mol. The van der Waals surface area contributed by atoms with Crippen molar-refractivity contribution in [3.63, 3.8) is 0 Å². The molecule has 1 aromatic rings. The summed E-state index contributed by atoms with van der Waals surface area (Å²) in [6.45, 7) is 0.978. The van der Waals surface area contributed by atoms with Crippen LogP contribution in [0.2, 0.25) is 0 Å². The summed E-state index contributed by atoms with van der Waals surface area (Å²) in [7, 11) is 2.00. The lowest BCUT2D eigenvalue weighted by Crippen LogP contribution is -2.26. The van der Waals surface area contributed by atoms with Crippen LogP contribution in [0.15, 0.2) is 18.2 Å². The Kier molecular flexibility index (Phi) is 3.74. The van der Waals surface area contributed by atoms with Gasteiger partial charge in [-0.2, -0.15) is 0 Å². The molecule has 92 valence electrons. The molecule has 0 saturated carbocycles. The molecule has 4 nitrogen and oxygen atoms in total. The number of nitrogens with zero attached hydrogens (tertiary/aromatic N) is 1. The van der Waals surface area contributed by atoms with E-state index in [2.05, 4.69) is 10.2 Å². The highest BCUT2D eigenvalue weighted by molar-refractivity contribution is 6.17. The topological polar surface area (TPSA) is 41.6 Å². The smallest absolute Gasteiger partial charge is 0.262 e. The van der Waals surface area contributed by atoms with Gasteiger partial charge in [-0.05, 0) is 24.6 Å². The number of amides is 1. The average Bonchev–Trinajstić information content (AvgIpc) is 2.35. The summed E-state index contributed by atoms with van der Waals surface area (Å²) in [5.41, 5.74) is 1.77. The molecule has 1 aromatic carbocycles. The van der Waals surface area contributed by atoms with E-state index < -0.39 is 0 Å². The fraction of sp³-hybridized carbons (Fsp3) is 0.417. The summed E-state index contributed by atoms with van der Waals surface area (Å²) < 4.78 is 5.30. The first-order valence-electron chi connectivity index (χ1n) is 5.54. The summed E-state index contributed by atoms with van der Waals surface area (Å²) in [4.78, 5) is 13.3. The second kappa shape index (κ2) is 5.27. The lowest BCUT2D eigenvalue weighted by molar-refractivity contribution is -0.118. The number of anilines is 2. The van der Waals surface area contributed by atoms with Gasteiger partial charge in [-0.1, -0.05) is 0 Å². The SMILES string of the molecule is CN(CCCCl)c1ccc2c(c1)NC(=O)CO2. The van der Waals surface area contributed by atoms with Crippen molar-refractivity contribution in [1.29, 1.82) is 0 Å². The fourth-order valence-corrected chi connectivity index (χ4v) is 1.85. The molecule has 0 saturated heterocycles. The zero-order chi connectivity index (χ0) is 12.3. The second-order valence-corrected chi connectivity index (χ2v) is 4.36. The van der Waals surface area contributed by atoms with Crippen molar-refractivity contribution >= 4 is 28.9 Å². The summed E-state index contributed by atoms with van der Waals surface area (Å²) in [6.07, 6.45) is 0.929. The fourth-order valence-electron chi connectivity index (χ4n) is 1.73. The van der Waals surface area contributed by atoms with Crippen LogP contribution >= 0.6 is 11.6 Å². The average molecular weight is 255 g/mol. The van der Waals surface area contributed by atoms with E-state index in [-0.39, 0.29) is 12.5 Å². The zero-order valence-corrected chi connectivity index (χ0v) is 10.5. The van der Waals surface area contributed by atoms with E-state index in [4.69, 9.17) is 16.3 Å². The predicted octanol–water partition coefficient (Wildman–Crippen LogP) is 2.08. The molecule has 5 heteroatoms. The Morgan fingerprint density at radius 2 is 2.35 bits per heavy atom. The van der Waals surface area contributed by atoms with E-state index in [0.717, 1.165) is 30.1 Å². The molecule has 1 N–H and O–H groups in total. The molecule has 0 radical (unpaired) electrons. The van der Waals surface area contributed by atoms with Gasteiger partial charge in [0.1, 0.15) is 5.75 Å². The third-order valence-corrected chi connectivity index (χ3v) is 2.93. The van der Waals surface area contributed by atoms with E-state index in [1.54, 1.807) is 0 Å². The summed E-state index contributed by atoms with van der Waals surface area (Å²) in [5, 5.41) is 2.79. The molecule has 0 bridgehead atoms. The number of rotatable bonds is 4. The van der Waals surface area contributed by atoms with Gasteiger partial charge < -0.3 is 15.0 Å². The molecule has 0 fully saturated rings. The van der Waals surface area contributed by atoms with E-state index in [0.29, 0.717) is 5.88 Å². The first kappa shape index (κ1) is 12.0. The van der Waals surface area contributed by atoms with Gasteiger partial charge in [0.05, 0.1) is 5.69 Å². The molecule has 1 aliphatic rings. The van der Waals surface area contributed by atoms with Gasteiger partial charge in [0.15, 0.2) is 6.61 Å². The normalized spacial score (nSPS) is 13.6. The van der Waals surface area contributed by atoms with Gasteiger partial charge in [-0.3, -0.25) is 4.79 Å². The lowest BCUT2D eigenvalue weighted by Gasteiger charge is -2.23. The minimum atomic E-state index is -0.113. The van der Waals surface area contributed by atoms with Crippen LogP contribution in [0, 0.1) is 0 Å². The van der Waals surface area contributed by atoms with Crippen molar-refractivity contribution in [3.05, 3.63) is 18.2 Å². The molecule has 0 aliphatic carbocycles. The van der Waals surface area contributed by atoms with Gasteiger partial charge in [0.25, 0.3) is 5.91 Å². The maximum atomic E-state index is 11.2. The minimum absolute atomic E-state index is 0.0917. The Balaban J connectivity index is 2.14. The number of halogens is 1. The molecule has 2 rings (SSSR count). The highest BCUT2D eigenvalue weighted by atomic mass is 35.5. The number of hydrogen-bond acceptors (Lipinski definition) is 3. The first-order chi connectivity index (χ1) is 8.20. The number of hydrogen-bond donors (Lipinski definition) is 1. The van der Waals surface area contributed by atoms with Crippen molar-refractivity contribution in [1.82, 2.24) is 0 Å². The van der Waals surface area contributed by atoms with E-state index in [9.17, 15) is 4.79 Å². The molecule has 1 amide bonds. The monoisotopic (exact) mass is 254 g/mol. The van der Waals surface area contributed by atoms with Gasteiger partial charge >= 0.3 is 0 Å². The third kappa shape index (κ3) is 2.82. The predicted molar refractivity (Wildman–Crippen MR) is 69.2 cm³/mol. The van der Waals surface area contributed by atoms with Crippen LogP contribution in [-0.2, 0) is 4.79 Å². The standard InChI is InChI=1S/C12H15ClN2O2/c1-15(6-2-5-13)9-3-4-11-10(7-9)14-12(16)8-17-11/h3-4,7H,2,5-6,8H2,1H3,(H,14,16). The van der Waals surface area contributed by atoms with E-state index in [1.165, 1.54) is 0 Å². The molecule has 1 heterocycles. The van der Waals surface area contributed by atoms with Crippen LogP contribution in [0.25, 0.3) is 0 Å². The summed E-state index contributed by atoms with van der Waals surface area (Å²) in [6, 6.07) is 5.77. The highest BCUT2D eigenvalue weighted by Gasteiger charge is 2.16. The van der Waals surface area contributed by atoms with Crippen LogP contribution < -0.4 is 15.0 Å². The molecule has 1 aliphatic heterocycles. The van der Waals surface area contributed by atoms with Crippen molar-refractivity contribution in [3.8, 4) is 5.75 Å². The second-order valence-electron chi connectivity index (χ2n) is 3.98. The highest BCUT2D eigenvalue weighted by Crippen LogP contribution is 2.31. The van der Waals surface area contributed by atoms with Gasteiger partial charge in [-0.15, -0.1) is 11.6 Å². The lowest BCUT2D eigenvalue weighted by atomic mass is 10.2. The molecular formula is C12H15ClN2O2. The van der Waals surface area contributed by atoms with Crippen molar-refractivity contribution < 1.29 is 9.53 Å². The Labute approximate surface area is 106 Å². The number of fused-ring (bicyclic) bond motifs is 1. The maximum absolute atomic E-state index is 11.2. The molecule has 0 spiro atoms. The summed E-state index contributed by atoms with van der Waals surface area (Å²) in [5.74, 6) is 1.26. The Morgan fingerprint density at radius 1 is 1.53 bits per heavy atom. The van der Waals surface area contributed by atoms with Crippen LogP contribution in [-0.4, -0.2) is 32.0 Å². The molecule has 0 atom stereocenters. The Bertz CT molecular complexity index is 423. The number of benzene rings is 1. The van der Waals surface area contributed by atoms with Crippen LogP contribution in [0.4, 0.5) is 11.4 Å². The van der Waals surface area contributed by atoms with Gasteiger partial charge in [-0.25, -0.2) is 0 Å². The number of alkyl halides is 1. The number of carbonyl (C=O) groups is 1. The van der Waals surface area contributed by atoms with Crippen molar-refractivity contribution in [2.45, 2.75) is 6.42 Å². The van der Waals surface area contributed by atoms with Crippen molar-refractivity contribution in [2.24, 2.45) is 0 Å². The number of carbonyl (C=O) groups excluding carboxylic acids is 1. The quantitative estimate of drug-likeness (QED) is 0.837. The zero-order valence-electron chi connectivity index (χ0n) is 9.70. The maximum Gasteiger partial charge on any atom is 0.262 e. The summed E-state index contributed by atoms with van der Waals surface area (Å²) >= 11 is 5.66. The number of ether oxygens (including phenoxy) is 1. The number of nitrogens with one attached hydrogen (secondary N) is 1. The van der Waals surface area contributed by atoms with Gasteiger partial charge in [0, 0.05) is 25.2 Å². The Morgan fingerprint density at radius 3 is 3.12 bits per heavy atom. The van der Waals surface area contributed by atoms with Gasteiger partial charge in [0.2, 0.25) is 0 Å². The van der Waals surface area contributed by atoms with E-state index in [1.807, 2.05) is 25.2 Å². The third-order valence-electron chi connectivity index (χ3n) is 2.66. The molecule has 0 aromatic heterocycles. The largest absolute Gasteiger partial charge is 0.482 e. The van der Waals surface area contributed by atoms with E-state index >= 15 is 0 Å². The molecule has 0 unspecified atom stereocenters. The molecule has 17 heavy (non-hydrogen) atoms. The first-order valence-corrected chi connectivity index (χ1v) is 6.08. The Hall–Kier alpha value is -1.42. The minimum Gasteiger partial charge on any atom is -0.482 e.